The lowest BCUT2D eigenvalue weighted by molar-refractivity contribution is -0.122. The molecule has 5 heteroatoms. The van der Waals surface area contributed by atoms with Crippen molar-refractivity contribution in [3.05, 3.63) is 42.2 Å². The first-order chi connectivity index (χ1) is 11.1. The van der Waals surface area contributed by atoms with Gasteiger partial charge in [-0.2, -0.15) is 0 Å². The molecule has 0 fully saturated rings. The average Bonchev–Trinajstić information content (AvgIpc) is 3.02. The number of nitrogens with one attached hydrogen (secondary N) is 1. The van der Waals surface area contributed by atoms with E-state index in [0.29, 0.717) is 19.4 Å². The van der Waals surface area contributed by atoms with E-state index in [1.165, 1.54) is 0 Å². The Morgan fingerprint density at radius 3 is 2.57 bits per heavy atom. The van der Waals surface area contributed by atoms with Gasteiger partial charge in [-0.25, -0.2) is 0 Å². The maximum atomic E-state index is 11.8. The summed E-state index contributed by atoms with van der Waals surface area (Å²) >= 11 is 0. The molecule has 0 aliphatic carbocycles. The Hall–Kier alpha value is -2.27. The highest BCUT2D eigenvalue weighted by atomic mass is 16.5. The number of furan rings is 1. The average molecular weight is 317 g/mol. The Morgan fingerprint density at radius 2 is 1.91 bits per heavy atom. The summed E-state index contributed by atoms with van der Waals surface area (Å²) in [4.78, 5) is 11.8. The molecule has 0 aliphatic rings. The molecule has 0 spiro atoms. The standard InChI is InChI=1S/C18H23NO4/c1-13(12-21-2)19-18(20)11-9-16-8-10-17(23-16)14-4-6-15(22-3)7-5-14/h4-8,10,13H,9,11-12H2,1-3H3,(H,19,20)/t13-/m1/s1. The summed E-state index contributed by atoms with van der Waals surface area (Å²) in [5, 5.41) is 2.88. The van der Waals surface area contributed by atoms with Crippen LogP contribution in [0.25, 0.3) is 11.3 Å². The molecule has 1 N–H and O–H groups in total. The zero-order valence-electron chi connectivity index (χ0n) is 13.8. The quantitative estimate of drug-likeness (QED) is 0.813. The fraction of sp³-hybridized carbons (Fsp3) is 0.389. The summed E-state index contributed by atoms with van der Waals surface area (Å²) in [5.74, 6) is 2.39. The molecule has 0 saturated heterocycles. The third kappa shape index (κ3) is 5.14. The van der Waals surface area contributed by atoms with Crippen LogP contribution in [0.3, 0.4) is 0 Å². The topological polar surface area (TPSA) is 60.7 Å². The van der Waals surface area contributed by atoms with Crippen molar-refractivity contribution in [1.29, 1.82) is 0 Å². The minimum atomic E-state index is -0.00283. The van der Waals surface area contributed by atoms with E-state index in [9.17, 15) is 4.79 Å². The Morgan fingerprint density at radius 1 is 1.17 bits per heavy atom. The highest BCUT2D eigenvalue weighted by Crippen LogP contribution is 2.24. The molecule has 2 aromatic rings. The largest absolute Gasteiger partial charge is 0.497 e. The van der Waals surface area contributed by atoms with Gasteiger partial charge in [0.2, 0.25) is 5.91 Å². The molecule has 0 unspecified atom stereocenters. The number of benzene rings is 1. The zero-order chi connectivity index (χ0) is 16.7. The zero-order valence-corrected chi connectivity index (χ0v) is 13.8. The van der Waals surface area contributed by atoms with E-state index in [4.69, 9.17) is 13.9 Å². The van der Waals surface area contributed by atoms with Gasteiger partial charge in [-0.15, -0.1) is 0 Å². The summed E-state index contributed by atoms with van der Waals surface area (Å²) < 4.78 is 15.9. The normalized spacial score (nSPS) is 12.0. The van der Waals surface area contributed by atoms with Gasteiger partial charge in [-0.3, -0.25) is 4.79 Å². The van der Waals surface area contributed by atoms with E-state index in [1.54, 1.807) is 14.2 Å². The number of aryl methyl sites for hydroxylation is 1. The van der Waals surface area contributed by atoms with Crippen LogP contribution in [0.5, 0.6) is 5.75 Å². The molecule has 1 aromatic carbocycles. The first-order valence-electron chi connectivity index (χ1n) is 7.64. The van der Waals surface area contributed by atoms with Crippen molar-refractivity contribution in [3.8, 4) is 17.1 Å². The molecular formula is C18H23NO4. The van der Waals surface area contributed by atoms with Crippen molar-refractivity contribution in [2.75, 3.05) is 20.8 Å². The molecule has 2 rings (SSSR count). The van der Waals surface area contributed by atoms with Crippen molar-refractivity contribution in [2.45, 2.75) is 25.8 Å². The van der Waals surface area contributed by atoms with Crippen molar-refractivity contribution in [2.24, 2.45) is 0 Å². The van der Waals surface area contributed by atoms with Crippen LogP contribution in [0.15, 0.2) is 40.8 Å². The van der Waals surface area contributed by atoms with Gasteiger partial charge in [0, 0.05) is 31.6 Å². The van der Waals surface area contributed by atoms with Gasteiger partial charge in [-0.05, 0) is 43.3 Å². The predicted octanol–water partition coefficient (Wildman–Crippen LogP) is 3.04. The molecule has 5 nitrogen and oxygen atoms in total. The van der Waals surface area contributed by atoms with Gasteiger partial charge in [0.05, 0.1) is 13.7 Å². The number of hydrogen-bond donors (Lipinski definition) is 1. The van der Waals surface area contributed by atoms with Crippen molar-refractivity contribution >= 4 is 5.91 Å². The minimum Gasteiger partial charge on any atom is -0.497 e. The van der Waals surface area contributed by atoms with Gasteiger partial charge in [0.15, 0.2) is 0 Å². The smallest absolute Gasteiger partial charge is 0.220 e. The van der Waals surface area contributed by atoms with Crippen LogP contribution in [0, 0.1) is 0 Å². The Balaban J connectivity index is 1.88. The number of hydrogen-bond acceptors (Lipinski definition) is 4. The second-order valence-corrected chi connectivity index (χ2v) is 5.42. The van der Waals surface area contributed by atoms with Crippen molar-refractivity contribution in [3.63, 3.8) is 0 Å². The van der Waals surface area contributed by atoms with Crippen molar-refractivity contribution < 1.29 is 18.7 Å². The first kappa shape index (κ1) is 17.1. The number of amides is 1. The van der Waals surface area contributed by atoms with Gasteiger partial charge in [0.1, 0.15) is 17.3 Å². The molecule has 23 heavy (non-hydrogen) atoms. The number of methoxy groups -OCH3 is 2. The van der Waals surface area contributed by atoms with E-state index in [2.05, 4.69) is 5.32 Å². The maximum Gasteiger partial charge on any atom is 0.220 e. The molecule has 0 bridgehead atoms. The van der Waals surface area contributed by atoms with Gasteiger partial charge < -0.3 is 19.2 Å². The molecule has 1 amide bonds. The molecule has 0 radical (unpaired) electrons. The lowest BCUT2D eigenvalue weighted by atomic mass is 10.2. The molecule has 124 valence electrons. The molecule has 1 heterocycles. The van der Waals surface area contributed by atoms with Crippen LogP contribution in [-0.4, -0.2) is 32.8 Å². The third-order valence-electron chi connectivity index (χ3n) is 3.46. The van der Waals surface area contributed by atoms with Gasteiger partial charge in [0.25, 0.3) is 0 Å². The van der Waals surface area contributed by atoms with Gasteiger partial charge >= 0.3 is 0 Å². The molecule has 1 aromatic heterocycles. The lowest BCUT2D eigenvalue weighted by Crippen LogP contribution is -2.35. The summed E-state index contributed by atoms with van der Waals surface area (Å²) in [5.41, 5.74) is 0.982. The Labute approximate surface area is 136 Å². The maximum absolute atomic E-state index is 11.8. The second kappa shape index (κ2) is 8.39. The van der Waals surface area contributed by atoms with Crippen molar-refractivity contribution in [1.82, 2.24) is 5.32 Å². The van der Waals surface area contributed by atoms with Gasteiger partial charge in [-0.1, -0.05) is 0 Å². The summed E-state index contributed by atoms with van der Waals surface area (Å²) in [7, 11) is 3.25. The van der Waals surface area contributed by atoms with Crippen LogP contribution in [0.4, 0.5) is 0 Å². The molecule has 0 aliphatic heterocycles. The minimum absolute atomic E-state index is 0.00283. The molecule has 0 saturated carbocycles. The number of rotatable bonds is 8. The first-order valence-corrected chi connectivity index (χ1v) is 7.64. The summed E-state index contributed by atoms with van der Waals surface area (Å²) in [6.45, 7) is 2.42. The Kier molecular flexibility index (Phi) is 6.23. The molecule has 1 atom stereocenters. The highest BCUT2D eigenvalue weighted by Gasteiger charge is 2.10. The highest BCUT2D eigenvalue weighted by molar-refractivity contribution is 5.76. The van der Waals surface area contributed by atoms with E-state index in [1.807, 2.05) is 43.3 Å². The number of carbonyl (C=O) groups excluding carboxylic acids is 1. The van der Waals surface area contributed by atoms with E-state index in [0.717, 1.165) is 22.8 Å². The number of carbonyl (C=O) groups is 1. The fourth-order valence-corrected chi connectivity index (χ4v) is 2.30. The van der Waals surface area contributed by atoms with Crippen LogP contribution in [0.1, 0.15) is 19.1 Å². The summed E-state index contributed by atoms with van der Waals surface area (Å²) in [6.07, 6.45) is 0.964. The monoisotopic (exact) mass is 317 g/mol. The van der Waals surface area contributed by atoms with Crippen LogP contribution >= 0.6 is 0 Å². The van der Waals surface area contributed by atoms with Crippen LogP contribution in [0.2, 0.25) is 0 Å². The lowest BCUT2D eigenvalue weighted by Gasteiger charge is -2.12. The van der Waals surface area contributed by atoms with Crippen LogP contribution < -0.4 is 10.1 Å². The number of ether oxygens (including phenoxy) is 2. The van der Waals surface area contributed by atoms with E-state index in [-0.39, 0.29) is 11.9 Å². The fourth-order valence-electron chi connectivity index (χ4n) is 2.30. The van der Waals surface area contributed by atoms with E-state index >= 15 is 0 Å². The SMILES string of the molecule is COC[C@@H](C)NC(=O)CCc1ccc(-c2ccc(OC)cc2)o1. The Bertz CT molecular complexity index is 618. The molecular weight excluding hydrogens is 294 g/mol. The summed E-state index contributed by atoms with van der Waals surface area (Å²) in [6, 6.07) is 11.5. The third-order valence-corrected chi connectivity index (χ3v) is 3.46. The van der Waals surface area contributed by atoms with Crippen LogP contribution in [-0.2, 0) is 16.0 Å². The second-order valence-electron chi connectivity index (χ2n) is 5.42. The van der Waals surface area contributed by atoms with E-state index < -0.39 is 0 Å². The predicted molar refractivity (Wildman–Crippen MR) is 88.5 cm³/mol.